The summed E-state index contributed by atoms with van der Waals surface area (Å²) in [5.41, 5.74) is 7.06. The minimum atomic E-state index is -1.28. The predicted octanol–water partition coefficient (Wildman–Crippen LogP) is 2.42. The van der Waals surface area contributed by atoms with E-state index in [1.807, 2.05) is 0 Å². The highest BCUT2D eigenvalue weighted by Crippen LogP contribution is 2.27. The van der Waals surface area contributed by atoms with Crippen molar-refractivity contribution in [2.45, 2.75) is 45.2 Å². The Labute approximate surface area is 183 Å². The fourth-order valence-electron chi connectivity index (χ4n) is 4.11. The number of likely N-dealkylation sites (tertiary alicyclic amines) is 1. The van der Waals surface area contributed by atoms with Crippen LogP contribution in [0.1, 0.15) is 30.5 Å². The number of aryl methyl sites for hydroxylation is 1. The van der Waals surface area contributed by atoms with Gasteiger partial charge in [0.25, 0.3) is 5.91 Å². The van der Waals surface area contributed by atoms with Crippen molar-refractivity contribution in [1.29, 1.82) is 0 Å². The molecule has 4 rings (SSSR count). The van der Waals surface area contributed by atoms with Gasteiger partial charge in [0.05, 0.1) is 17.8 Å². The van der Waals surface area contributed by atoms with E-state index in [9.17, 15) is 22.8 Å². The molecule has 1 aromatic heterocycles. The van der Waals surface area contributed by atoms with Gasteiger partial charge in [0.1, 0.15) is 11.6 Å². The van der Waals surface area contributed by atoms with Crippen LogP contribution >= 0.6 is 0 Å². The van der Waals surface area contributed by atoms with Gasteiger partial charge < -0.3 is 10.6 Å². The van der Waals surface area contributed by atoms with Crippen LogP contribution < -0.4 is 10.6 Å². The fourth-order valence-corrected chi connectivity index (χ4v) is 4.11. The number of fused-ring (bicyclic) bond motifs is 1. The van der Waals surface area contributed by atoms with Gasteiger partial charge in [0.15, 0.2) is 11.6 Å². The van der Waals surface area contributed by atoms with E-state index in [4.69, 9.17) is 5.73 Å². The molecule has 32 heavy (non-hydrogen) atoms. The van der Waals surface area contributed by atoms with Crippen LogP contribution in [0, 0.1) is 24.4 Å². The van der Waals surface area contributed by atoms with Crippen molar-refractivity contribution in [1.82, 2.24) is 14.7 Å². The highest BCUT2D eigenvalue weighted by molar-refractivity contribution is 6.00. The third-order valence-corrected chi connectivity index (χ3v) is 5.68. The average molecular weight is 447 g/mol. The molecule has 0 saturated carbocycles. The van der Waals surface area contributed by atoms with E-state index in [2.05, 4.69) is 5.10 Å². The quantitative estimate of drug-likeness (QED) is 0.714. The van der Waals surface area contributed by atoms with Gasteiger partial charge in [-0.15, -0.1) is 0 Å². The van der Waals surface area contributed by atoms with Crippen molar-refractivity contribution in [2.75, 3.05) is 18.0 Å². The van der Waals surface area contributed by atoms with Gasteiger partial charge in [-0.2, -0.15) is 5.10 Å². The zero-order valence-electron chi connectivity index (χ0n) is 17.7. The molecule has 2 aromatic rings. The van der Waals surface area contributed by atoms with Crippen LogP contribution in [-0.4, -0.2) is 45.6 Å². The summed E-state index contributed by atoms with van der Waals surface area (Å²) in [6, 6.07) is 2.10. The molecular weight excluding hydrogens is 423 g/mol. The third-order valence-electron chi connectivity index (χ3n) is 5.68. The lowest BCUT2D eigenvalue weighted by molar-refractivity contribution is -0.126. The van der Waals surface area contributed by atoms with Crippen LogP contribution in [0.2, 0.25) is 0 Å². The molecule has 0 bridgehead atoms. The molecule has 3 heterocycles. The van der Waals surface area contributed by atoms with Gasteiger partial charge in [-0.3, -0.25) is 14.5 Å². The first-order valence-electron chi connectivity index (χ1n) is 10.5. The summed E-state index contributed by atoms with van der Waals surface area (Å²) in [6.07, 6.45) is 3.07. The molecule has 0 spiro atoms. The normalized spacial score (nSPS) is 16.7. The summed E-state index contributed by atoms with van der Waals surface area (Å²) in [5, 5.41) is 4.37. The molecule has 1 atom stereocenters. The number of nitrogens with zero attached hydrogens (tertiary/aromatic N) is 4. The topological polar surface area (TPSA) is 84.5 Å². The van der Waals surface area contributed by atoms with Gasteiger partial charge in [0, 0.05) is 43.9 Å². The van der Waals surface area contributed by atoms with Gasteiger partial charge in [-0.1, -0.05) is 0 Å². The predicted molar refractivity (Wildman–Crippen MR) is 111 cm³/mol. The molecule has 2 aliphatic rings. The number of aromatic nitrogens is 2. The molecule has 10 heteroatoms. The van der Waals surface area contributed by atoms with E-state index < -0.39 is 29.4 Å². The van der Waals surface area contributed by atoms with E-state index in [1.165, 1.54) is 11.1 Å². The van der Waals surface area contributed by atoms with E-state index in [0.29, 0.717) is 36.2 Å². The molecule has 7 nitrogen and oxygen atoms in total. The number of amides is 2. The number of anilines is 1. The summed E-state index contributed by atoms with van der Waals surface area (Å²) in [5.74, 6) is -3.41. The maximum absolute atomic E-state index is 13.9. The molecule has 1 fully saturated rings. The summed E-state index contributed by atoms with van der Waals surface area (Å²) < 4.78 is 42.2. The van der Waals surface area contributed by atoms with Crippen molar-refractivity contribution in [3.63, 3.8) is 0 Å². The first-order valence-corrected chi connectivity index (χ1v) is 10.5. The van der Waals surface area contributed by atoms with Gasteiger partial charge in [-0.25, -0.2) is 17.9 Å². The maximum Gasteiger partial charge on any atom is 0.253 e. The maximum atomic E-state index is 13.9. The highest BCUT2D eigenvalue weighted by Gasteiger charge is 2.30. The molecule has 1 saturated heterocycles. The van der Waals surface area contributed by atoms with Gasteiger partial charge in [-0.05, 0) is 37.8 Å². The summed E-state index contributed by atoms with van der Waals surface area (Å²) in [4.78, 5) is 29.1. The van der Waals surface area contributed by atoms with E-state index in [-0.39, 0.29) is 30.9 Å². The number of benzene rings is 1. The number of rotatable bonds is 5. The minimum absolute atomic E-state index is 0.107. The lowest BCUT2D eigenvalue weighted by Gasteiger charge is -2.28. The summed E-state index contributed by atoms with van der Waals surface area (Å²) in [6.45, 7) is 3.40. The van der Waals surface area contributed by atoms with Crippen LogP contribution in [-0.2, 0) is 22.6 Å². The zero-order valence-corrected chi connectivity index (χ0v) is 17.7. The molecule has 0 aliphatic carbocycles. The van der Waals surface area contributed by atoms with Gasteiger partial charge in [0.2, 0.25) is 5.91 Å². The number of carbonyl (C=O) groups is 2. The zero-order chi connectivity index (χ0) is 23.0. The second kappa shape index (κ2) is 8.78. The van der Waals surface area contributed by atoms with Crippen LogP contribution in [0.15, 0.2) is 30.0 Å². The van der Waals surface area contributed by atoms with Crippen molar-refractivity contribution < 1.29 is 22.8 Å². The third kappa shape index (κ3) is 4.40. The lowest BCUT2D eigenvalue weighted by atomic mass is 10.0. The molecule has 0 radical (unpaired) electrons. The monoisotopic (exact) mass is 447 g/mol. The van der Waals surface area contributed by atoms with Crippen molar-refractivity contribution in [3.8, 4) is 0 Å². The lowest BCUT2D eigenvalue weighted by Crippen LogP contribution is -2.39. The van der Waals surface area contributed by atoms with Crippen LogP contribution in [0.4, 0.5) is 19.0 Å². The molecule has 0 unspecified atom stereocenters. The second-order valence-corrected chi connectivity index (χ2v) is 8.25. The first-order chi connectivity index (χ1) is 15.2. The van der Waals surface area contributed by atoms with Gasteiger partial charge >= 0.3 is 0 Å². The largest absolute Gasteiger partial charge is 0.339 e. The second-order valence-electron chi connectivity index (χ2n) is 8.25. The number of hydrogen-bond donors (Lipinski definition) is 1. The molecular formula is C22H24F3N5O2. The Morgan fingerprint density at radius 3 is 2.50 bits per heavy atom. The Morgan fingerprint density at radius 2 is 1.78 bits per heavy atom. The number of nitrogens with two attached hydrogens (primary N) is 1. The van der Waals surface area contributed by atoms with E-state index >= 15 is 0 Å². The summed E-state index contributed by atoms with van der Waals surface area (Å²) in [7, 11) is 0. The molecule has 170 valence electrons. The van der Waals surface area contributed by atoms with Crippen molar-refractivity contribution >= 4 is 17.6 Å². The van der Waals surface area contributed by atoms with Crippen LogP contribution in [0.3, 0.4) is 0 Å². The Morgan fingerprint density at radius 1 is 1.09 bits per heavy atom. The molecule has 2 amide bonds. The standard InChI is InChI=1S/C22H24F3N5O2/c1-13-6-20-29(11-15(12-30(20)27-13)22(32)28-4-2-3-5-28)21(31)9-16(26)7-14-8-18(24)19(25)10-17(14)23/h6,8,10-11,16H,2-5,7,9,12,26H2,1H3/t16-/m1/s1. The fraction of sp³-hybridized carbons (Fsp3) is 0.409. The number of hydrogen-bond acceptors (Lipinski definition) is 4. The SMILES string of the molecule is Cc1cc2n(n1)CC(C(=O)N1CCCC1)=CN2C(=O)C[C@H](N)Cc1cc(F)c(F)cc1F. The highest BCUT2D eigenvalue weighted by atomic mass is 19.2. The molecule has 2 N–H and O–H groups in total. The minimum Gasteiger partial charge on any atom is -0.339 e. The molecule has 2 aliphatic heterocycles. The Hall–Kier alpha value is -3.14. The summed E-state index contributed by atoms with van der Waals surface area (Å²) >= 11 is 0. The smallest absolute Gasteiger partial charge is 0.253 e. The Balaban J connectivity index is 1.53. The van der Waals surface area contributed by atoms with Crippen LogP contribution in [0.25, 0.3) is 0 Å². The van der Waals surface area contributed by atoms with Crippen LogP contribution in [0.5, 0.6) is 0 Å². The van der Waals surface area contributed by atoms with Crippen molar-refractivity contribution in [2.24, 2.45) is 5.73 Å². The van der Waals surface area contributed by atoms with Crippen molar-refractivity contribution in [3.05, 3.63) is 58.7 Å². The van der Waals surface area contributed by atoms with E-state index in [0.717, 1.165) is 18.9 Å². The number of halogens is 3. The molecule has 1 aromatic carbocycles. The Kier molecular flexibility index (Phi) is 6.05. The number of carbonyl (C=O) groups excluding carboxylic acids is 2. The van der Waals surface area contributed by atoms with E-state index in [1.54, 1.807) is 22.6 Å². The average Bonchev–Trinajstić information content (AvgIpc) is 3.39. The Bertz CT molecular complexity index is 1090. The first kappa shape index (κ1) is 22.1.